The average molecular weight is 308 g/mol. The van der Waals surface area contributed by atoms with Gasteiger partial charge in [0.15, 0.2) is 0 Å². The highest BCUT2D eigenvalue weighted by atomic mass is 35.5. The highest BCUT2D eigenvalue weighted by molar-refractivity contribution is 6.31. The second-order valence-electron chi connectivity index (χ2n) is 5.14. The zero-order valence-corrected chi connectivity index (χ0v) is 13.8. The SMILES string of the molecule is CCc1nn(CC)c(COc2cc(N)c(C)cc2C)c1Cl. The van der Waals surface area contributed by atoms with Crippen LogP contribution < -0.4 is 10.5 Å². The lowest BCUT2D eigenvalue weighted by Gasteiger charge is -2.12. The highest BCUT2D eigenvalue weighted by Gasteiger charge is 2.15. The predicted octanol–water partition coefficient (Wildman–Crippen LogP) is 3.90. The minimum atomic E-state index is 0.392. The number of hydrogen-bond acceptors (Lipinski definition) is 3. The van der Waals surface area contributed by atoms with E-state index in [2.05, 4.69) is 5.10 Å². The summed E-state index contributed by atoms with van der Waals surface area (Å²) in [6, 6.07) is 3.90. The first-order valence-corrected chi connectivity index (χ1v) is 7.59. The number of benzene rings is 1. The molecule has 2 rings (SSSR count). The predicted molar refractivity (Wildman–Crippen MR) is 86.9 cm³/mol. The Morgan fingerprint density at radius 1 is 1.24 bits per heavy atom. The van der Waals surface area contributed by atoms with Crippen LogP contribution in [0.25, 0.3) is 0 Å². The summed E-state index contributed by atoms with van der Waals surface area (Å²) in [6.45, 7) is 9.25. The van der Waals surface area contributed by atoms with Crippen LogP contribution in [0.1, 0.15) is 36.4 Å². The maximum Gasteiger partial charge on any atom is 0.131 e. The molecule has 0 spiro atoms. The van der Waals surface area contributed by atoms with Crippen LogP contribution in [0.15, 0.2) is 12.1 Å². The number of nitrogen functional groups attached to an aromatic ring is 1. The first-order chi connectivity index (χ1) is 9.97. The van der Waals surface area contributed by atoms with Crippen LogP contribution in [0.5, 0.6) is 5.75 Å². The molecule has 0 saturated carbocycles. The van der Waals surface area contributed by atoms with Gasteiger partial charge in [-0.3, -0.25) is 4.68 Å². The Morgan fingerprint density at radius 3 is 2.57 bits per heavy atom. The van der Waals surface area contributed by atoms with Crippen molar-refractivity contribution < 1.29 is 4.74 Å². The van der Waals surface area contributed by atoms with E-state index in [1.54, 1.807) is 0 Å². The quantitative estimate of drug-likeness (QED) is 0.852. The molecule has 114 valence electrons. The summed E-state index contributed by atoms with van der Waals surface area (Å²) in [6.07, 6.45) is 0.815. The van der Waals surface area contributed by atoms with Gasteiger partial charge in [0.1, 0.15) is 12.4 Å². The Hall–Kier alpha value is -1.68. The summed E-state index contributed by atoms with van der Waals surface area (Å²) in [5.74, 6) is 0.788. The lowest BCUT2D eigenvalue weighted by molar-refractivity contribution is 0.291. The first-order valence-electron chi connectivity index (χ1n) is 7.21. The molecule has 0 radical (unpaired) electrons. The molecule has 5 heteroatoms. The fraction of sp³-hybridized carbons (Fsp3) is 0.438. The van der Waals surface area contributed by atoms with E-state index in [1.165, 1.54) is 0 Å². The molecular formula is C16H22ClN3O. The maximum atomic E-state index is 6.38. The van der Waals surface area contributed by atoms with Gasteiger partial charge in [-0.05, 0) is 38.3 Å². The van der Waals surface area contributed by atoms with Gasteiger partial charge in [-0.25, -0.2) is 0 Å². The van der Waals surface area contributed by atoms with E-state index in [9.17, 15) is 0 Å². The van der Waals surface area contributed by atoms with E-state index in [0.29, 0.717) is 11.6 Å². The molecule has 0 aliphatic rings. The second kappa shape index (κ2) is 6.39. The fourth-order valence-electron chi connectivity index (χ4n) is 2.30. The zero-order valence-electron chi connectivity index (χ0n) is 13.0. The lowest BCUT2D eigenvalue weighted by atomic mass is 10.1. The summed E-state index contributed by atoms with van der Waals surface area (Å²) in [5, 5.41) is 5.20. The monoisotopic (exact) mass is 307 g/mol. The standard InChI is InChI=1S/C16H22ClN3O/c1-5-13-16(17)14(20(6-2)19-13)9-21-15-8-12(18)10(3)7-11(15)4/h7-8H,5-6,9,18H2,1-4H3. The van der Waals surface area contributed by atoms with Crippen LogP contribution in [0, 0.1) is 13.8 Å². The molecule has 2 aromatic rings. The van der Waals surface area contributed by atoms with Crippen LogP contribution in [-0.4, -0.2) is 9.78 Å². The third kappa shape index (κ3) is 3.16. The molecule has 1 aromatic carbocycles. The zero-order chi connectivity index (χ0) is 15.6. The minimum absolute atomic E-state index is 0.392. The molecule has 1 heterocycles. The van der Waals surface area contributed by atoms with Gasteiger partial charge in [0.2, 0.25) is 0 Å². The number of nitrogens with two attached hydrogens (primary N) is 1. The Balaban J connectivity index is 2.24. The number of anilines is 1. The number of aryl methyl sites for hydroxylation is 4. The van der Waals surface area contributed by atoms with Crippen LogP contribution in [0.4, 0.5) is 5.69 Å². The molecule has 0 atom stereocenters. The van der Waals surface area contributed by atoms with Gasteiger partial charge in [-0.1, -0.05) is 24.6 Å². The van der Waals surface area contributed by atoms with Gasteiger partial charge < -0.3 is 10.5 Å². The van der Waals surface area contributed by atoms with E-state index in [-0.39, 0.29) is 0 Å². The second-order valence-corrected chi connectivity index (χ2v) is 5.52. The number of aromatic nitrogens is 2. The summed E-state index contributed by atoms with van der Waals surface area (Å²) in [5.41, 5.74) is 10.6. The molecule has 2 N–H and O–H groups in total. The molecule has 0 saturated heterocycles. The normalized spacial score (nSPS) is 10.9. The van der Waals surface area contributed by atoms with Crippen LogP contribution in [-0.2, 0) is 19.6 Å². The molecule has 1 aromatic heterocycles. The molecule has 0 amide bonds. The highest BCUT2D eigenvalue weighted by Crippen LogP contribution is 2.27. The number of rotatable bonds is 5. The molecule has 4 nitrogen and oxygen atoms in total. The molecule has 0 aliphatic heterocycles. The van der Waals surface area contributed by atoms with Gasteiger partial charge >= 0.3 is 0 Å². The largest absolute Gasteiger partial charge is 0.487 e. The van der Waals surface area contributed by atoms with Crippen molar-refractivity contribution in [2.45, 2.75) is 47.3 Å². The summed E-state index contributed by atoms with van der Waals surface area (Å²) < 4.78 is 7.81. The van der Waals surface area contributed by atoms with Crippen molar-refractivity contribution in [3.63, 3.8) is 0 Å². The number of hydrogen-bond donors (Lipinski definition) is 1. The minimum Gasteiger partial charge on any atom is -0.487 e. The lowest BCUT2D eigenvalue weighted by Crippen LogP contribution is -2.07. The van der Waals surface area contributed by atoms with Gasteiger partial charge in [-0.15, -0.1) is 0 Å². The van der Waals surface area contributed by atoms with E-state index < -0.39 is 0 Å². The Bertz CT molecular complexity index is 649. The maximum absolute atomic E-state index is 6.38. The van der Waals surface area contributed by atoms with Crippen molar-refractivity contribution in [2.24, 2.45) is 0 Å². The van der Waals surface area contributed by atoms with Crippen molar-refractivity contribution in [3.8, 4) is 5.75 Å². The van der Waals surface area contributed by atoms with Gasteiger partial charge in [-0.2, -0.15) is 5.10 Å². The van der Waals surface area contributed by atoms with E-state index >= 15 is 0 Å². The topological polar surface area (TPSA) is 53.1 Å². The Labute approximate surface area is 130 Å². The Morgan fingerprint density at radius 2 is 1.95 bits per heavy atom. The van der Waals surface area contributed by atoms with Crippen LogP contribution in [0.2, 0.25) is 5.02 Å². The van der Waals surface area contributed by atoms with Crippen molar-refractivity contribution >= 4 is 17.3 Å². The Kier molecular flexibility index (Phi) is 4.78. The fourth-order valence-corrected chi connectivity index (χ4v) is 2.63. The molecular weight excluding hydrogens is 286 g/mol. The molecule has 0 aliphatic carbocycles. The van der Waals surface area contributed by atoms with Gasteiger partial charge in [0, 0.05) is 18.3 Å². The molecule has 0 unspecified atom stereocenters. The van der Waals surface area contributed by atoms with Crippen LogP contribution >= 0.6 is 11.6 Å². The summed E-state index contributed by atoms with van der Waals surface area (Å²) in [7, 11) is 0. The third-order valence-corrected chi connectivity index (χ3v) is 4.06. The van der Waals surface area contributed by atoms with E-state index in [4.69, 9.17) is 22.1 Å². The van der Waals surface area contributed by atoms with Gasteiger partial charge in [0.25, 0.3) is 0 Å². The molecule has 0 bridgehead atoms. The molecule has 0 fully saturated rings. The number of nitrogens with zero attached hydrogens (tertiary/aromatic N) is 2. The van der Waals surface area contributed by atoms with E-state index in [0.717, 1.165) is 46.9 Å². The number of ether oxygens (including phenoxy) is 1. The van der Waals surface area contributed by atoms with Crippen molar-refractivity contribution in [2.75, 3.05) is 5.73 Å². The average Bonchev–Trinajstić information content (AvgIpc) is 2.77. The van der Waals surface area contributed by atoms with Crippen molar-refractivity contribution in [1.82, 2.24) is 9.78 Å². The smallest absolute Gasteiger partial charge is 0.131 e. The van der Waals surface area contributed by atoms with E-state index in [1.807, 2.05) is 44.5 Å². The first kappa shape index (κ1) is 15.7. The molecule has 21 heavy (non-hydrogen) atoms. The van der Waals surface area contributed by atoms with Crippen LogP contribution in [0.3, 0.4) is 0 Å². The van der Waals surface area contributed by atoms with Gasteiger partial charge in [0.05, 0.1) is 16.4 Å². The summed E-state index contributed by atoms with van der Waals surface area (Å²) >= 11 is 6.38. The summed E-state index contributed by atoms with van der Waals surface area (Å²) in [4.78, 5) is 0. The number of halogens is 1. The van der Waals surface area contributed by atoms with Crippen molar-refractivity contribution in [1.29, 1.82) is 0 Å². The van der Waals surface area contributed by atoms with Crippen molar-refractivity contribution in [3.05, 3.63) is 39.7 Å². The third-order valence-electron chi connectivity index (χ3n) is 3.62.